The summed E-state index contributed by atoms with van der Waals surface area (Å²) in [5, 5.41) is 7.20. The van der Waals surface area contributed by atoms with E-state index >= 15 is 0 Å². The summed E-state index contributed by atoms with van der Waals surface area (Å²) in [7, 11) is 0. The highest BCUT2D eigenvalue weighted by Gasteiger charge is 2.13. The number of hydrogen-bond acceptors (Lipinski definition) is 2. The van der Waals surface area contributed by atoms with Crippen LogP contribution in [0.5, 0.6) is 0 Å². The van der Waals surface area contributed by atoms with E-state index < -0.39 is 0 Å². The highest BCUT2D eigenvalue weighted by Crippen LogP contribution is 2.24. The van der Waals surface area contributed by atoms with Crippen molar-refractivity contribution in [3.8, 4) is 0 Å². The molecule has 0 saturated carbocycles. The SMILES string of the molecule is CCCCCCCCc1[nH]nc(N)c1C(C)C. The summed E-state index contributed by atoms with van der Waals surface area (Å²) in [6.45, 7) is 6.60. The molecule has 0 fully saturated rings. The van der Waals surface area contributed by atoms with Gasteiger partial charge in [-0.2, -0.15) is 5.10 Å². The van der Waals surface area contributed by atoms with E-state index in [0.29, 0.717) is 11.7 Å². The highest BCUT2D eigenvalue weighted by molar-refractivity contribution is 5.44. The van der Waals surface area contributed by atoms with Crippen LogP contribution in [-0.4, -0.2) is 10.2 Å². The minimum Gasteiger partial charge on any atom is -0.382 e. The van der Waals surface area contributed by atoms with Gasteiger partial charge in [0.25, 0.3) is 0 Å². The van der Waals surface area contributed by atoms with Gasteiger partial charge in [-0.15, -0.1) is 0 Å². The van der Waals surface area contributed by atoms with E-state index in [2.05, 4.69) is 31.0 Å². The Labute approximate surface area is 105 Å². The van der Waals surface area contributed by atoms with Crippen molar-refractivity contribution in [1.82, 2.24) is 10.2 Å². The standard InChI is InChI=1S/C14H27N3/c1-4-5-6-7-8-9-10-12-13(11(2)3)14(15)17-16-12/h11H,4-10H2,1-3H3,(H3,15,16,17). The first kappa shape index (κ1) is 14.1. The van der Waals surface area contributed by atoms with Gasteiger partial charge < -0.3 is 5.73 Å². The van der Waals surface area contributed by atoms with Crippen LogP contribution in [0.1, 0.15) is 76.5 Å². The summed E-state index contributed by atoms with van der Waals surface area (Å²) in [5.74, 6) is 1.14. The first-order valence-electron chi connectivity index (χ1n) is 6.99. The minimum atomic E-state index is 0.462. The zero-order valence-electron chi connectivity index (χ0n) is 11.6. The molecule has 3 heteroatoms. The third-order valence-corrected chi connectivity index (χ3v) is 3.27. The third-order valence-electron chi connectivity index (χ3n) is 3.27. The molecule has 0 saturated heterocycles. The molecular formula is C14H27N3. The van der Waals surface area contributed by atoms with Gasteiger partial charge in [0, 0.05) is 11.3 Å². The fourth-order valence-electron chi connectivity index (χ4n) is 2.32. The molecule has 1 aromatic rings. The fraction of sp³-hybridized carbons (Fsp3) is 0.786. The van der Waals surface area contributed by atoms with Crippen LogP contribution in [0.2, 0.25) is 0 Å². The molecule has 3 nitrogen and oxygen atoms in total. The average Bonchev–Trinajstić information content (AvgIpc) is 2.65. The summed E-state index contributed by atoms with van der Waals surface area (Å²) < 4.78 is 0. The molecule has 0 radical (unpaired) electrons. The molecule has 0 aliphatic heterocycles. The number of nitrogens with two attached hydrogens (primary N) is 1. The van der Waals surface area contributed by atoms with Crippen LogP contribution in [0.3, 0.4) is 0 Å². The number of rotatable bonds is 8. The maximum atomic E-state index is 5.87. The van der Waals surface area contributed by atoms with Crippen molar-refractivity contribution in [3.63, 3.8) is 0 Å². The Kier molecular flexibility index (Phi) is 6.09. The predicted octanol–water partition coefficient (Wildman–Crippen LogP) is 4.02. The lowest BCUT2D eigenvalue weighted by molar-refractivity contribution is 0.602. The van der Waals surface area contributed by atoms with Crippen LogP contribution in [0.25, 0.3) is 0 Å². The summed E-state index contributed by atoms with van der Waals surface area (Å²) in [6, 6.07) is 0. The molecule has 0 aliphatic carbocycles. The number of hydrogen-bond donors (Lipinski definition) is 2. The Morgan fingerprint density at radius 3 is 2.41 bits per heavy atom. The van der Waals surface area contributed by atoms with Crippen LogP contribution in [0.4, 0.5) is 5.82 Å². The van der Waals surface area contributed by atoms with Crippen molar-refractivity contribution in [2.75, 3.05) is 5.73 Å². The molecule has 1 rings (SSSR count). The molecule has 0 aliphatic rings. The maximum absolute atomic E-state index is 5.87. The monoisotopic (exact) mass is 237 g/mol. The Hall–Kier alpha value is -0.990. The number of unbranched alkanes of at least 4 members (excludes halogenated alkanes) is 5. The van der Waals surface area contributed by atoms with Crippen LogP contribution in [-0.2, 0) is 6.42 Å². The molecule has 98 valence electrons. The number of nitrogens with one attached hydrogen (secondary N) is 1. The molecular weight excluding hydrogens is 210 g/mol. The van der Waals surface area contributed by atoms with E-state index in [4.69, 9.17) is 5.73 Å². The molecule has 0 aromatic carbocycles. The smallest absolute Gasteiger partial charge is 0.148 e. The molecule has 0 bridgehead atoms. The number of nitrogens with zero attached hydrogens (tertiary/aromatic N) is 1. The van der Waals surface area contributed by atoms with Crippen LogP contribution in [0.15, 0.2) is 0 Å². The molecule has 1 aromatic heterocycles. The lowest BCUT2D eigenvalue weighted by atomic mass is 9.99. The maximum Gasteiger partial charge on any atom is 0.148 e. The molecule has 0 amide bonds. The summed E-state index contributed by atoms with van der Waals surface area (Å²) in [6.07, 6.45) is 9.06. The number of aryl methyl sites for hydroxylation is 1. The van der Waals surface area contributed by atoms with Crippen molar-refractivity contribution >= 4 is 5.82 Å². The van der Waals surface area contributed by atoms with Gasteiger partial charge in [0.05, 0.1) is 0 Å². The molecule has 0 unspecified atom stereocenters. The van der Waals surface area contributed by atoms with E-state index in [1.807, 2.05) is 0 Å². The van der Waals surface area contributed by atoms with E-state index in [9.17, 15) is 0 Å². The lowest BCUT2D eigenvalue weighted by Gasteiger charge is -2.07. The van der Waals surface area contributed by atoms with Crippen molar-refractivity contribution in [2.45, 2.75) is 71.6 Å². The molecule has 1 heterocycles. The zero-order valence-corrected chi connectivity index (χ0v) is 11.6. The largest absolute Gasteiger partial charge is 0.382 e. The van der Waals surface area contributed by atoms with Gasteiger partial charge in [-0.25, -0.2) is 0 Å². The second-order valence-corrected chi connectivity index (χ2v) is 5.17. The third kappa shape index (κ3) is 4.41. The van der Waals surface area contributed by atoms with Gasteiger partial charge in [0.2, 0.25) is 0 Å². The highest BCUT2D eigenvalue weighted by atomic mass is 15.2. The number of anilines is 1. The van der Waals surface area contributed by atoms with Crippen molar-refractivity contribution in [1.29, 1.82) is 0 Å². The summed E-state index contributed by atoms with van der Waals surface area (Å²) in [4.78, 5) is 0. The van der Waals surface area contributed by atoms with E-state index in [0.717, 1.165) is 6.42 Å². The first-order chi connectivity index (χ1) is 8.16. The van der Waals surface area contributed by atoms with Crippen molar-refractivity contribution < 1.29 is 0 Å². The molecule has 17 heavy (non-hydrogen) atoms. The molecule has 0 spiro atoms. The van der Waals surface area contributed by atoms with Gasteiger partial charge in [-0.05, 0) is 18.8 Å². The normalized spacial score (nSPS) is 11.3. The fourth-order valence-corrected chi connectivity index (χ4v) is 2.32. The topological polar surface area (TPSA) is 54.7 Å². The van der Waals surface area contributed by atoms with Gasteiger partial charge in [-0.3, -0.25) is 5.10 Å². The second kappa shape index (κ2) is 7.36. The quantitative estimate of drug-likeness (QED) is 0.671. The summed E-state index contributed by atoms with van der Waals surface area (Å²) >= 11 is 0. The Bertz CT molecular complexity index is 315. The van der Waals surface area contributed by atoms with Crippen molar-refractivity contribution in [2.24, 2.45) is 0 Å². The number of aromatic amines is 1. The van der Waals surface area contributed by atoms with Gasteiger partial charge in [0.1, 0.15) is 5.82 Å². The summed E-state index contributed by atoms with van der Waals surface area (Å²) in [5.41, 5.74) is 8.33. The Morgan fingerprint density at radius 1 is 1.12 bits per heavy atom. The van der Waals surface area contributed by atoms with E-state index in [-0.39, 0.29) is 0 Å². The van der Waals surface area contributed by atoms with Gasteiger partial charge >= 0.3 is 0 Å². The Balaban J connectivity index is 2.32. The van der Waals surface area contributed by atoms with E-state index in [1.165, 1.54) is 49.8 Å². The van der Waals surface area contributed by atoms with Crippen molar-refractivity contribution in [3.05, 3.63) is 11.3 Å². The molecule has 0 atom stereocenters. The van der Waals surface area contributed by atoms with E-state index in [1.54, 1.807) is 0 Å². The van der Waals surface area contributed by atoms with Crippen LogP contribution in [0, 0.1) is 0 Å². The number of aromatic nitrogens is 2. The van der Waals surface area contributed by atoms with Gasteiger partial charge in [0.15, 0.2) is 0 Å². The van der Waals surface area contributed by atoms with Crippen LogP contribution < -0.4 is 5.73 Å². The van der Waals surface area contributed by atoms with Gasteiger partial charge in [-0.1, -0.05) is 52.9 Å². The lowest BCUT2D eigenvalue weighted by Crippen LogP contribution is -1.98. The predicted molar refractivity (Wildman–Crippen MR) is 74.2 cm³/mol. The average molecular weight is 237 g/mol. The number of nitrogen functional groups attached to an aromatic ring is 1. The number of H-pyrrole nitrogens is 1. The zero-order chi connectivity index (χ0) is 12.7. The first-order valence-corrected chi connectivity index (χ1v) is 6.99. The Morgan fingerprint density at radius 2 is 1.76 bits per heavy atom. The van der Waals surface area contributed by atoms with Crippen LogP contribution >= 0.6 is 0 Å². The molecule has 3 N–H and O–H groups in total. The second-order valence-electron chi connectivity index (χ2n) is 5.17. The minimum absolute atomic E-state index is 0.462.